The lowest BCUT2D eigenvalue weighted by Gasteiger charge is -2.14. The number of nitrogens with one attached hydrogen (secondary N) is 1. The van der Waals surface area contributed by atoms with Gasteiger partial charge in [-0.2, -0.15) is 8.75 Å². The van der Waals surface area contributed by atoms with E-state index >= 15 is 0 Å². The molecule has 0 aliphatic carbocycles. The summed E-state index contributed by atoms with van der Waals surface area (Å²) >= 11 is 1.28. The number of nitrogens with zero attached hydrogens (tertiary/aromatic N) is 2. The maximum Gasteiger partial charge on any atom is 0.0912 e. The maximum atomic E-state index is 4.23. The van der Waals surface area contributed by atoms with Gasteiger partial charge in [-0.25, -0.2) is 0 Å². The van der Waals surface area contributed by atoms with Crippen LogP contribution in [-0.2, 0) is 0 Å². The van der Waals surface area contributed by atoms with Crippen LogP contribution in [0.2, 0.25) is 0 Å². The maximum absolute atomic E-state index is 4.23. The molecule has 1 heterocycles. The third kappa shape index (κ3) is 3.40. The van der Waals surface area contributed by atoms with Crippen molar-refractivity contribution in [3.63, 3.8) is 0 Å². The molecule has 1 unspecified atom stereocenters. The first-order chi connectivity index (χ1) is 6.24. The van der Waals surface area contributed by atoms with Crippen LogP contribution in [0.3, 0.4) is 0 Å². The Morgan fingerprint density at radius 2 is 2.23 bits per heavy atom. The topological polar surface area (TPSA) is 37.8 Å². The molecule has 0 bridgehead atoms. The van der Waals surface area contributed by atoms with Crippen molar-refractivity contribution in [3.8, 4) is 0 Å². The molecule has 0 aromatic carbocycles. The average Bonchev–Trinajstić information content (AvgIpc) is 2.58. The summed E-state index contributed by atoms with van der Waals surface area (Å²) in [5.74, 6) is 0.752. The van der Waals surface area contributed by atoms with E-state index in [1.165, 1.54) is 18.1 Å². The summed E-state index contributed by atoms with van der Waals surface area (Å²) in [6.45, 7) is 4.48. The van der Waals surface area contributed by atoms with Gasteiger partial charge in [-0.1, -0.05) is 13.8 Å². The average molecular weight is 199 g/mol. The van der Waals surface area contributed by atoms with E-state index in [1.807, 2.05) is 13.2 Å². The Morgan fingerprint density at radius 1 is 1.46 bits per heavy atom. The fourth-order valence-corrected chi connectivity index (χ4v) is 1.74. The molecule has 0 saturated carbocycles. The molecule has 0 saturated heterocycles. The summed E-state index contributed by atoms with van der Waals surface area (Å²) < 4.78 is 8.24. The summed E-state index contributed by atoms with van der Waals surface area (Å²) in [6, 6.07) is 0.376. The molecule has 74 valence electrons. The van der Waals surface area contributed by atoms with Crippen molar-refractivity contribution in [3.05, 3.63) is 11.9 Å². The van der Waals surface area contributed by atoms with Gasteiger partial charge in [0.15, 0.2) is 0 Å². The van der Waals surface area contributed by atoms with Crippen LogP contribution < -0.4 is 5.32 Å². The highest BCUT2D eigenvalue weighted by Crippen LogP contribution is 2.18. The van der Waals surface area contributed by atoms with Crippen molar-refractivity contribution in [2.24, 2.45) is 5.92 Å². The molecule has 0 fully saturated rings. The standard InChI is InChI=1S/C9H17N3S/c1-7(2)4-5-8(10-3)9-6-11-13-12-9/h6-8,10H,4-5H2,1-3H3. The number of hydrogen-bond acceptors (Lipinski definition) is 4. The molecule has 1 N–H and O–H groups in total. The van der Waals surface area contributed by atoms with E-state index in [0.29, 0.717) is 6.04 Å². The van der Waals surface area contributed by atoms with E-state index in [1.54, 1.807) is 0 Å². The zero-order valence-corrected chi connectivity index (χ0v) is 9.27. The predicted molar refractivity (Wildman–Crippen MR) is 55.8 cm³/mol. The minimum absolute atomic E-state index is 0.376. The fraction of sp³-hybridized carbons (Fsp3) is 0.778. The molecule has 1 aromatic rings. The number of aromatic nitrogens is 2. The van der Waals surface area contributed by atoms with Crippen LogP contribution in [0.15, 0.2) is 6.20 Å². The summed E-state index contributed by atoms with van der Waals surface area (Å²) in [7, 11) is 1.98. The Balaban J connectivity index is 2.44. The van der Waals surface area contributed by atoms with Crippen molar-refractivity contribution in [2.75, 3.05) is 7.05 Å². The second kappa shape index (κ2) is 5.29. The molecular formula is C9H17N3S. The lowest BCUT2D eigenvalue weighted by atomic mass is 10.0. The van der Waals surface area contributed by atoms with Gasteiger partial charge in [-0.3, -0.25) is 0 Å². The van der Waals surface area contributed by atoms with Crippen molar-refractivity contribution in [1.82, 2.24) is 14.1 Å². The Morgan fingerprint density at radius 3 is 2.69 bits per heavy atom. The van der Waals surface area contributed by atoms with Crippen LogP contribution in [0.5, 0.6) is 0 Å². The highest BCUT2D eigenvalue weighted by molar-refractivity contribution is 6.99. The minimum atomic E-state index is 0.376. The van der Waals surface area contributed by atoms with Crippen LogP contribution in [0.4, 0.5) is 0 Å². The zero-order valence-electron chi connectivity index (χ0n) is 8.45. The highest BCUT2D eigenvalue weighted by Gasteiger charge is 2.11. The first-order valence-corrected chi connectivity index (χ1v) is 5.41. The van der Waals surface area contributed by atoms with Gasteiger partial charge in [0, 0.05) is 0 Å². The van der Waals surface area contributed by atoms with Gasteiger partial charge < -0.3 is 5.32 Å². The lowest BCUT2D eigenvalue weighted by molar-refractivity contribution is 0.460. The smallest absolute Gasteiger partial charge is 0.0912 e. The minimum Gasteiger partial charge on any atom is -0.312 e. The van der Waals surface area contributed by atoms with E-state index in [2.05, 4.69) is 27.9 Å². The molecule has 3 nitrogen and oxygen atoms in total. The molecule has 0 spiro atoms. The first-order valence-electron chi connectivity index (χ1n) is 4.68. The van der Waals surface area contributed by atoms with E-state index in [0.717, 1.165) is 18.0 Å². The van der Waals surface area contributed by atoms with Gasteiger partial charge in [-0.05, 0) is 25.8 Å². The van der Waals surface area contributed by atoms with Gasteiger partial charge in [-0.15, -0.1) is 0 Å². The van der Waals surface area contributed by atoms with E-state index < -0.39 is 0 Å². The molecule has 13 heavy (non-hydrogen) atoms. The molecule has 1 aromatic heterocycles. The van der Waals surface area contributed by atoms with Crippen LogP contribution in [-0.4, -0.2) is 15.8 Å². The summed E-state index contributed by atoms with van der Waals surface area (Å²) in [5, 5.41) is 3.26. The second-order valence-corrected chi connectivity index (χ2v) is 4.20. The quantitative estimate of drug-likeness (QED) is 0.790. The third-order valence-electron chi connectivity index (χ3n) is 2.12. The molecule has 0 radical (unpaired) electrons. The SMILES string of the molecule is CNC(CCC(C)C)c1cnsn1. The van der Waals surface area contributed by atoms with Crippen molar-refractivity contribution in [2.45, 2.75) is 32.7 Å². The Labute approximate surface area is 83.9 Å². The summed E-state index contributed by atoms with van der Waals surface area (Å²) in [4.78, 5) is 0. The zero-order chi connectivity index (χ0) is 9.68. The normalized spacial score (nSPS) is 13.5. The van der Waals surface area contributed by atoms with Gasteiger partial charge in [0.25, 0.3) is 0 Å². The van der Waals surface area contributed by atoms with Gasteiger partial charge in [0.05, 0.1) is 29.7 Å². The monoisotopic (exact) mass is 199 g/mol. The van der Waals surface area contributed by atoms with Crippen molar-refractivity contribution in [1.29, 1.82) is 0 Å². The Kier molecular flexibility index (Phi) is 4.32. The largest absolute Gasteiger partial charge is 0.312 e. The van der Waals surface area contributed by atoms with Crippen LogP contribution in [0.1, 0.15) is 38.4 Å². The van der Waals surface area contributed by atoms with Crippen molar-refractivity contribution >= 4 is 11.7 Å². The Bertz CT molecular complexity index is 221. The number of hydrogen-bond donors (Lipinski definition) is 1. The van der Waals surface area contributed by atoms with Gasteiger partial charge in [0.2, 0.25) is 0 Å². The lowest BCUT2D eigenvalue weighted by Crippen LogP contribution is -2.17. The third-order valence-corrected chi connectivity index (χ3v) is 2.61. The van der Waals surface area contributed by atoms with Crippen LogP contribution in [0, 0.1) is 5.92 Å². The summed E-state index contributed by atoms with van der Waals surface area (Å²) in [5.41, 5.74) is 1.08. The van der Waals surface area contributed by atoms with E-state index in [-0.39, 0.29) is 0 Å². The molecule has 4 heteroatoms. The molecule has 1 rings (SSSR count). The summed E-state index contributed by atoms with van der Waals surface area (Å²) in [6.07, 6.45) is 4.22. The van der Waals surface area contributed by atoms with Crippen LogP contribution >= 0.6 is 11.7 Å². The highest BCUT2D eigenvalue weighted by atomic mass is 32.1. The molecule has 0 aliphatic rings. The first kappa shape index (κ1) is 10.6. The molecule has 0 amide bonds. The van der Waals surface area contributed by atoms with E-state index in [4.69, 9.17) is 0 Å². The number of rotatable bonds is 5. The van der Waals surface area contributed by atoms with Gasteiger partial charge in [0.1, 0.15) is 0 Å². The van der Waals surface area contributed by atoms with E-state index in [9.17, 15) is 0 Å². The fourth-order valence-electron chi connectivity index (χ4n) is 1.27. The second-order valence-electron chi connectivity index (χ2n) is 3.64. The molecule has 0 aliphatic heterocycles. The van der Waals surface area contributed by atoms with Crippen molar-refractivity contribution < 1.29 is 0 Å². The van der Waals surface area contributed by atoms with Crippen LogP contribution in [0.25, 0.3) is 0 Å². The predicted octanol–water partition coefficient (Wildman–Crippen LogP) is 2.23. The molecule has 1 atom stereocenters. The van der Waals surface area contributed by atoms with Gasteiger partial charge >= 0.3 is 0 Å². The Hall–Kier alpha value is -0.480. The molecular weight excluding hydrogens is 182 g/mol.